The molecule has 2 aromatic carbocycles. The zero-order valence-electron chi connectivity index (χ0n) is 12.0. The van der Waals surface area contributed by atoms with Gasteiger partial charge < -0.3 is 39.9 Å². The monoisotopic (exact) mass is 347 g/mol. The highest BCUT2D eigenvalue weighted by Crippen LogP contribution is 2.52. The van der Waals surface area contributed by atoms with Crippen molar-refractivity contribution in [2.24, 2.45) is 0 Å². The number of benzene rings is 2. The van der Waals surface area contributed by atoms with Crippen LogP contribution in [0.3, 0.4) is 0 Å². The Kier molecular flexibility index (Phi) is 3.48. The Morgan fingerprint density at radius 3 is 1.36 bits per heavy atom. The van der Waals surface area contributed by atoms with Crippen molar-refractivity contribution in [3.8, 4) is 45.6 Å². The molecule has 2 aromatic rings. The number of hydrogen-bond donors (Lipinski definition) is 6. The van der Waals surface area contributed by atoms with Crippen molar-refractivity contribution in [1.82, 2.24) is 0 Å². The molecule has 1 aliphatic rings. The Labute approximate surface area is 139 Å². The predicted octanol–water partition coefficient (Wildman–Crippen LogP) is 0.449. The molecule has 1 heterocycles. The van der Waals surface area contributed by atoms with E-state index in [2.05, 4.69) is 9.31 Å². The molecule has 0 spiro atoms. The summed E-state index contributed by atoms with van der Waals surface area (Å²) < 4.78 is 9.05. The van der Waals surface area contributed by atoms with Crippen molar-refractivity contribution in [2.45, 2.75) is 0 Å². The van der Waals surface area contributed by atoms with Crippen LogP contribution in [0.2, 0.25) is 0 Å². The second-order valence-electron chi connectivity index (χ2n) is 4.94. The molecule has 0 fully saturated rings. The van der Waals surface area contributed by atoms with Gasteiger partial charge in [0, 0.05) is 11.1 Å². The van der Waals surface area contributed by atoms with E-state index in [1.165, 1.54) is 0 Å². The van der Waals surface area contributed by atoms with Crippen molar-refractivity contribution in [3.63, 3.8) is 0 Å². The van der Waals surface area contributed by atoms with Crippen LogP contribution in [0, 0.1) is 0 Å². The van der Waals surface area contributed by atoms with Gasteiger partial charge in [-0.1, -0.05) is 0 Å². The first-order valence-corrected chi connectivity index (χ1v) is 6.53. The van der Waals surface area contributed by atoms with Gasteiger partial charge in [0.15, 0.2) is 23.0 Å². The smallest absolute Gasteiger partial charge is 0.504 e. The van der Waals surface area contributed by atoms with Gasteiger partial charge in [-0.25, -0.2) is 9.59 Å². The van der Waals surface area contributed by atoms with Crippen LogP contribution < -0.4 is 0 Å². The van der Waals surface area contributed by atoms with Crippen LogP contribution in [0.1, 0.15) is 20.7 Å². The van der Waals surface area contributed by atoms with E-state index < -0.39 is 68.7 Å². The summed E-state index contributed by atoms with van der Waals surface area (Å²) in [7, 11) is 0.367. The summed E-state index contributed by atoms with van der Waals surface area (Å²) in [6.45, 7) is 0. The molecule has 0 unspecified atom stereocenters. The number of rotatable bonds is 0. The Balaban J connectivity index is 2.53. The maximum atomic E-state index is 12.1. The van der Waals surface area contributed by atoms with Gasteiger partial charge in [0.05, 0.1) is 11.1 Å². The molecular formula is C14H8BO10. The van der Waals surface area contributed by atoms with Crippen molar-refractivity contribution in [2.75, 3.05) is 0 Å². The minimum Gasteiger partial charge on any atom is -0.504 e. The van der Waals surface area contributed by atoms with Gasteiger partial charge in [0.2, 0.25) is 11.5 Å². The van der Waals surface area contributed by atoms with Gasteiger partial charge in [0.1, 0.15) is 0 Å². The molecule has 6 N–H and O–H groups in total. The molecule has 127 valence electrons. The van der Waals surface area contributed by atoms with Crippen LogP contribution in [0.4, 0.5) is 0 Å². The molecule has 0 aromatic heterocycles. The van der Waals surface area contributed by atoms with Crippen molar-refractivity contribution >= 4 is 19.6 Å². The Bertz CT molecular complexity index is 861. The highest BCUT2D eigenvalue weighted by Gasteiger charge is 2.33. The molecular weight excluding hydrogens is 339 g/mol. The zero-order valence-corrected chi connectivity index (χ0v) is 12.0. The molecule has 0 saturated heterocycles. The lowest BCUT2D eigenvalue weighted by atomic mass is 9.92. The molecule has 11 heteroatoms. The highest BCUT2D eigenvalue weighted by atomic mass is 16.6. The fourth-order valence-electron chi connectivity index (χ4n) is 2.36. The van der Waals surface area contributed by atoms with Crippen molar-refractivity contribution < 1.29 is 49.5 Å². The third-order valence-electron chi connectivity index (χ3n) is 3.51. The first kappa shape index (κ1) is 16.1. The second-order valence-corrected chi connectivity index (χ2v) is 4.94. The van der Waals surface area contributed by atoms with E-state index in [4.69, 9.17) is 0 Å². The summed E-state index contributed by atoms with van der Waals surface area (Å²) in [4.78, 5) is 24.1. The number of phenolic OH excluding ortho intramolecular Hbond substituents is 6. The normalized spacial score (nSPS) is 13.3. The molecule has 25 heavy (non-hydrogen) atoms. The van der Waals surface area contributed by atoms with E-state index in [0.717, 1.165) is 0 Å². The van der Waals surface area contributed by atoms with E-state index in [9.17, 15) is 40.2 Å². The third-order valence-corrected chi connectivity index (χ3v) is 3.51. The molecule has 0 atom stereocenters. The maximum absolute atomic E-state index is 12.1. The van der Waals surface area contributed by atoms with E-state index in [1.54, 1.807) is 0 Å². The lowest BCUT2D eigenvalue weighted by Crippen LogP contribution is -2.14. The summed E-state index contributed by atoms with van der Waals surface area (Å²) >= 11 is 0. The molecule has 1 aliphatic heterocycles. The van der Waals surface area contributed by atoms with Gasteiger partial charge in [-0.05, 0) is 12.1 Å². The van der Waals surface area contributed by atoms with Crippen molar-refractivity contribution in [3.05, 3.63) is 23.3 Å². The van der Waals surface area contributed by atoms with Gasteiger partial charge in [-0.2, -0.15) is 0 Å². The van der Waals surface area contributed by atoms with Crippen LogP contribution in [0.25, 0.3) is 11.1 Å². The van der Waals surface area contributed by atoms with Gasteiger partial charge >= 0.3 is 19.6 Å². The molecule has 1 radical (unpaired) electrons. The van der Waals surface area contributed by atoms with Crippen LogP contribution in [0.5, 0.6) is 34.5 Å². The summed E-state index contributed by atoms with van der Waals surface area (Å²) in [5.74, 6) is -8.47. The molecule has 3 rings (SSSR count). The first-order valence-electron chi connectivity index (χ1n) is 6.53. The summed E-state index contributed by atoms with van der Waals surface area (Å²) in [6.07, 6.45) is 0. The fraction of sp³-hybridized carbons (Fsp3) is 0. The van der Waals surface area contributed by atoms with Crippen LogP contribution in [-0.2, 0) is 9.31 Å². The fourth-order valence-corrected chi connectivity index (χ4v) is 2.36. The largest absolute Gasteiger partial charge is 0.662 e. The zero-order chi connectivity index (χ0) is 18.5. The Hall–Kier alpha value is -3.76. The van der Waals surface area contributed by atoms with E-state index in [-0.39, 0.29) is 0 Å². The minimum absolute atomic E-state index is 0.367. The number of fused-ring (bicyclic) bond motifs is 3. The third kappa shape index (κ3) is 2.29. The van der Waals surface area contributed by atoms with E-state index in [0.29, 0.717) is 19.8 Å². The summed E-state index contributed by atoms with van der Waals surface area (Å²) in [5, 5.41) is 58.9. The van der Waals surface area contributed by atoms with Crippen LogP contribution in [0.15, 0.2) is 12.1 Å². The average molecular weight is 347 g/mol. The van der Waals surface area contributed by atoms with Gasteiger partial charge in [-0.15, -0.1) is 0 Å². The molecule has 0 bridgehead atoms. The van der Waals surface area contributed by atoms with Crippen molar-refractivity contribution in [1.29, 1.82) is 0 Å². The van der Waals surface area contributed by atoms with Gasteiger partial charge in [-0.3, -0.25) is 0 Å². The topological polar surface area (TPSA) is 174 Å². The maximum Gasteiger partial charge on any atom is 0.662 e. The second kappa shape index (κ2) is 5.41. The number of carbonyl (C=O) groups is 2. The minimum atomic E-state index is -1.21. The summed E-state index contributed by atoms with van der Waals surface area (Å²) in [6, 6.07) is 1.42. The Morgan fingerprint density at radius 2 is 1.00 bits per heavy atom. The molecule has 0 aliphatic carbocycles. The molecule has 0 saturated carbocycles. The Morgan fingerprint density at radius 1 is 0.640 bits per heavy atom. The predicted molar refractivity (Wildman–Crippen MR) is 78.5 cm³/mol. The lowest BCUT2D eigenvalue weighted by Gasteiger charge is -2.16. The SMILES string of the molecule is O=C1O[B]OC(=O)c2cc(O)c(O)c(O)c2-c2c1cc(O)c(O)c2O. The average Bonchev–Trinajstić information content (AvgIpc) is 2.61. The standard InChI is InChI=1S/C14H8BO10/c16-5-1-3-7(11(20)9(5)18)8-4(2-6(17)10(19)12(8)21)14(23)25-15-24-13(3)22/h1-2,16-21H. The van der Waals surface area contributed by atoms with Crippen LogP contribution in [-0.4, -0.2) is 50.3 Å². The quantitative estimate of drug-likeness (QED) is 0.290. The van der Waals surface area contributed by atoms with E-state index >= 15 is 0 Å². The first-order chi connectivity index (χ1) is 11.7. The number of aromatic hydroxyl groups is 6. The van der Waals surface area contributed by atoms with E-state index in [1.807, 2.05) is 0 Å². The lowest BCUT2D eigenvalue weighted by molar-refractivity contribution is 0.0634. The summed E-state index contributed by atoms with van der Waals surface area (Å²) in [5.41, 5.74) is -2.39. The number of phenols is 6. The number of hydrogen-bond acceptors (Lipinski definition) is 10. The molecule has 10 nitrogen and oxygen atoms in total. The van der Waals surface area contributed by atoms with Crippen LogP contribution >= 0.6 is 0 Å². The van der Waals surface area contributed by atoms with Gasteiger partial charge in [0.25, 0.3) is 0 Å². The highest BCUT2D eigenvalue weighted by molar-refractivity contribution is 6.30. The number of carbonyl (C=O) groups excluding carboxylic acids is 2. The molecule has 0 amide bonds.